The highest BCUT2D eigenvalue weighted by Gasteiger charge is 2.12. The summed E-state index contributed by atoms with van der Waals surface area (Å²) in [6, 6.07) is 0. The highest BCUT2D eigenvalue weighted by atomic mass is 16.5. The van der Waals surface area contributed by atoms with Gasteiger partial charge in [0, 0.05) is 25.2 Å². The fraction of sp³-hybridized carbons (Fsp3) is 0.786. The summed E-state index contributed by atoms with van der Waals surface area (Å²) >= 11 is 0. The fourth-order valence-electron chi connectivity index (χ4n) is 2.05. The Morgan fingerprint density at radius 2 is 1.94 bits per heavy atom. The minimum atomic E-state index is -0.308. The van der Waals surface area contributed by atoms with Crippen molar-refractivity contribution in [3.8, 4) is 0 Å². The average molecular weight is 240 g/mol. The van der Waals surface area contributed by atoms with E-state index in [1.54, 1.807) is 6.92 Å². The van der Waals surface area contributed by atoms with Gasteiger partial charge in [0.25, 0.3) is 0 Å². The zero-order chi connectivity index (χ0) is 12.5. The van der Waals surface area contributed by atoms with Crippen LogP contribution in [-0.2, 0) is 14.3 Å². The van der Waals surface area contributed by atoms with E-state index in [1.165, 1.54) is 32.1 Å². The van der Waals surface area contributed by atoms with Crippen molar-refractivity contribution in [2.75, 3.05) is 19.8 Å². The lowest BCUT2D eigenvalue weighted by atomic mass is 9.90. The smallest absolute Gasteiger partial charge is 0.333 e. The molecule has 1 aliphatic carbocycles. The Hall–Kier alpha value is -0.830. The fourth-order valence-corrected chi connectivity index (χ4v) is 2.05. The Bertz CT molecular complexity index is 242. The monoisotopic (exact) mass is 240 g/mol. The Kier molecular flexibility index (Phi) is 6.94. The van der Waals surface area contributed by atoms with Crippen LogP contribution in [-0.4, -0.2) is 25.8 Å². The Morgan fingerprint density at radius 1 is 1.24 bits per heavy atom. The van der Waals surface area contributed by atoms with Gasteiger partial charge in [-0.15, -0.1) is 0 Å². The molecule has 0 radical (unpaired) electrons. The van der Waals surface area contributed by atoms with Crippen LogP contribution in [0.25, 0.3) is 0 Å². The van der Waals surface area contributed by atoms with Crippen LogP contribution >= 0.6 is 0 Å². The molecule has 0 aromatic heterocycles. The number of ether oxygens (including phenoxy) is 2. The van der Waals surface area contributed by atoms with Gasteiger partial charge >= 0.3 is 5.97 Å². The molecule has 3 heteroatoms. The van der Waals surface area contributed by atoms with Crippen molar-refractivity contribution in [3.05, 3.63) is 12.2 Å². The van der Waals surface area contributed by atoms with Crippen molar-refractivity contribution >= 4 is 5.97 Å². The first-order valence-electron chi connectivity index (χ1n) is 6.60. The molecule has 3 nitrogen and oxygen atoms in total. The van der Waals surface area contributed by atoms with Crippen molar-refractivity contribution in [3.63, 3.8) is 0 Å². The van der Waals surface area contributed by atoms with Crippen molar-refractivity contribution < 1.29 is 14.3 Å². The molecular weight excluding hydrogens is 216 g/mol. The maximum atomic E-state index is 11.1. The summed E-state index contributed by atoms with van der Waals surface area (Å²) in [7, 11) is 0. The van der Waals surface area contributed by atoms with E-state index in [4.69, 9.17) is 9.47 Å². The predicted octanol–water partition coefficient (Wildman–Crippen LogP) is 3.09. The van der Waals surface area contributed by atoms with E-state index in [0.717, 1.165) is 18.9 Å². The first-order valence-corrected chi connectivity index (χ1v) is 6.60. The van der Waals surface area contributed by atoms with Gasteiger partial charge in [-0.05, 0) is 25.7 Å². The SMILES string of the molecule is C=C(C)C(=O)OCCCOCC1CCCCC1. The summed E-state index contributed by atoms with van der Waals surface area (Å²) in [5.41, 5.74) is 0.452. The molecule has 1 saturated carbocycles. The molecule has 1 rings (SSSR count). The summed E-state index contributed by atoms with van der Waals surface area (Å²) in [6.07, 6.45) is 7.48. The van der Waals surface area contributed by atoms with Gasteiger partial charge in [0.2, 0.25) is 0 Å². The van der Waals surface area contributed by atoms with Crippen molar-refractivity contribution in [2.45, 2.75) is 45.4 Å². The van der Waals surface area contributed by atoms with Crippen molar-refractivity contribution in [1.82, 2.24) is 0 Å². The third kappa shape index (κ3) is 6.47. The molecule has 0 aromatic rings. The van der Waals surface area contributed by atoms with Gasteiger partial charge < -0.3 is 9.47 Å². The van der Waals surface area contributed by atoms with E-state index in [2.05, 4.69) is 6.58 Å². The lowest BCUT2D eigenvalue weighted by Crippen LogP contribution is -2.15. The third-order valence-corrected chi connectivity index (χ3v) is 3.09. The molecule has 0 spiro atoms. The lowest BCUT2D eigenvalue weighted by Gasteiger charge is -2.21. The molecular formula is C14H24O3. The molecule has 0 bridgehead atoms. The minimum absolute atomic E-state index is 0.308. The van der Waals surface area contributed by atoms with Gasteiger partial charge in [-0.2, -0.15) is 0 Å². The average Bonchev–Trinajstić information content (AvgIpc) is 2.34. The van der Waals surface area contributed by atoms with Gasteiger partial charge in [-0.3, -0.25) is 0 Å². The molecule has 0 aliphatic heterocycles. The molecule has 0 aromatic carbocycles. The second kappa shape index (κ2) is 8.29. The van der Waals surface area contributed by atoms with Crippen LogP contribution in [0.3, 0.4) is 0 Å². The number of carbonyl (C=O) groups is 1. The summed E-state index contributed by atoms with van der Waals surface area (Å²) in [4.78, 5) is 11.1. The van der Waals surface area contributed by atoms with Crippen molar-refractivity contribution in [1.29, 1.82) is 0 Å². The van der Waals surface area contributed by atoms with Crippen LogP contribution in [0.5, 0.6) is 0 Å². The van der Waals surface area contributed by atoms with E-state index in [1.807, 2.05) is 0 Å². The van der Waals surface area contributed by atoms with Crippen LogP contribution in [0.15, 0.2) is 12.2 Å². The molecule has 0 saturated heterocycles. The number of hydrogen-bond donors (Lipinski definition) is 0. The van der Waals surface area contributed by atoms with E-state index < -0.39 is 0 Å². The highest BCUT2D eigenvalue weighted by molar-refractivity contribution is 5.86. The predicted molar refractivity (Wildman–Crippen MR) is 67.8 cm³/mol. The maximum absolute atomic E-state index is 11.1. The highest BCUT2D eigenvalue weighted by Crippen LogP contribution is 2.23. The van der Waals surface area contributed by atoms with Gasteiger partial charge in [0.05, 0.1) is 6.61 Å². The minimum Gasteiger partial charge on any atom is -0.462 e. The molecule has 0 unspecified atom stereocenters. The Labute approximate surface area is 104 Å². The first-order chi connectivity index (χ1) is 8.20. The van der Waals surface area contributed by atoms with E-state index >= 15 is 0 Å². The standard InChI is InChI=1S/C14H24O3/c1-12(2)14(15)17-10-6-9-16-11-13-7-4-3-5-8-13/h13H,1,3-11H2,2H3. The molecule has 1 fully saturated rings. The number of rotatable bonds is 7. The molecule has 0 heterocycles. The van der Waals surface area contributed by atoms with Gasteiger partial charge in [-0.25, -0.2) is 4.79 Å². The number of esters is 1. The maximum Gasteiger partial charge on any atom is 0.333 e. The lowest BCUT2D eigenvalue weighted by molar-refractivity contribution is -0.139. The zero-order valence-corrected chi connectivity index (χ0v) is 10.9. The largest absolute Gasteiger partial charge is 0.462 e. The molecule has 17 heavy (non-hydrogen) atoms. The molecule has 98 valence electrons. The third-order valence-electron chi connectivity index (χ3n) is 3.09. The van der Waals surface area contributed by atoms with E-state index in [9.17, 15) is 4.79 Å². The molecule has 0 atom stereocenters. The molecule has 1 aliphatic rings. The first kappa shape index (κ1) is 14.2. The number of carbonyl (C=O) groups excluding carboxylic acids is 1. The summed E-state index contributed by atoms with van der Waals surface area (Å²) in [5, 5.41) is 0. The number of hydrogen-bond acceptors (Lipinski definition) is 3. The zero-order valence-electron chi connectivity index (χ0n) is 10.9. The van der Waals surface area contributed by atoms with Crippen LogP contribution in [0.2, 0.25) is 0 Å². The van der Waals surface area contributed by atoms with Crippen LogP contribution in [0.1, 0.15) is 45.4 Å². The summed E-state index contributed by atoms with van der Waals surface area (Å²) in [5.74, 6) is 0.444. The Morgan fingerprint density at radius 3 is 2.59 bits per heavy atom. The van der Waals surface area contributed by atoms with Crippen LogP contribution < -0.4 is 0 Å². The van der Waals surface area contributed by atoms with E-state index in [0.29, 0.717) is 18.8 Å². The van der Waals surface area contributed by atoms with Gasteiger partial charge in [0.1, 0.15) is 0 Å². The summed E-state index contributed by atoms with van der Waals surface area (Å²) in [6.45, 7) is 7.16. The quantitative estimate of drug-likeness (QED) is 0.390. The normalized spacial score (nSPS) is 16.8. The second-order valence-electron chi connectivity index (χ2n) is 4.85. The van der Waals surface area contributed by atoms with Gasteiger partial charge in [-0.1, -0.05) is 25.8 Å². The molecule has 0 amide bonds. The second-order valence-corrected chi connectivity index (χ2v) is 4.85. The van der Waals surface area contributed by atoms with Crippen molar-refractivity contribution in [2.24, 2.45) is 5.92 Å². The van der Waals surface area contributed by atoms with Gasteiger partial charge in [0.15, 0.2) is 0 Å². The summed E-state index contributed by atoms with van der Waals surface area (Å²) < 4.78 is 10.6. The van der Waals surface area contributed by atoms with E-state index in [-0.39, 0.29) is 5.97 Å². The van der Waals surface area contributed by atoms with Crippen LogP contribution in [0, 0.1) is 5.92 Å². The van der Waals surface area contributed by atoms with Crippen LogP contribution in [0.4, 0.5) is 0 Å². The topological polar surface area (TPSA) is 35.5 Å². The Balaban J connectivity index is 1.90. The molecule has 0 N–H and O–H groups in total.